The molecule has 0 saturated carbocycles. The Hall–Kier alpha value is -3.24. The predicted octanol–water partition coefficient (Wildman–Crippen LogP) is 1.21. The number of benzene rings is 2. The molecule has 29 heavy (non-hydrogen) atoms. The van der Waals surface area contributed by atoms with Gasteiger partial charge in [0, 0.05) is 30.2 Å². The first-order valence-electron chi connectivity index (χ1n) is 8.63. The van der Waals surface area contributed by atoms with Crippen LogP contribution in [0.2, 0.25) is 0 Å². The molecule has 3 rings (SSSR count). The van der Waals surface area contributed by atoms with Gasteiger partial charge in [0.25, 0.3) is 21.8 Å². The molecule has 3 aromatic rings. The number of hydrogen-bond acceptors (Lipinski definition) is 6. The first-order valence-corrected chi connectivity index (χ1v) is 10.1. The van der Waals surface area contributed by atoms with Gasteiger partial charge >= 0.3 is 0 Å². The molecule has 1 heterocycles. The van der Waals surface area contributed by atoms with Gasteiger partial charge in [-0.25, -0.2) is 0 Å². The second-order valence-electron chi connectivity index (χ2n) is 6.46. The molecule has 0 aliphatic carbocycles. The number of aryl methyl sites for hydroxylation is 2. The summed E-state index contributed by atoms with van der Waals surface area (Å²) in [5, 5.41) is 4.23. The minimum Gasteiger partial charge on any atom is -0.399 e. The van der Waals surface area contributed by atoms with Gasteiger partial charge < -0.3 is 5.73 Å². The van der Waals surface area contributed by atoms with Gasteiger partial charge in [-0.3, -0.25) is 15.2 Å². The van der Waals surface area contributed by atoms with E-state index in [2.05, 4.69) is 5.10 Å². The van der Waals surface area contributed by atoms with Crippen molar-refractivity contribution >= 4 is 21.6 Å². The molecule has 0 spiro atoms. The number of Topliss-reactive ketones (excluding diaryl/α,β-unsaturated/α-hetero) is 1. The summed E-state index contributed by atoms with van der Waals surface area (Å²) in [7, 11) is -4.08. The van der Waals surface area contributed by atoms with Crippen molar-refractivity contribution in [1.82, 2.24) is 9.78 Å². The molecule has 0 fully saturated rings. The average molecular weight is 418 g/mol. The molecule has 0 atom stereocenters. The number of carbonyl (C=O) groups excluding carboxylic acids is 1. The molecule has 154 valence electrons. The number of nitrogens with two attached hydrogens (primary N) is 2. The Morgan fingerprint density at radius 3 is 2.07 bits per heavy atom. The highest BCUT2D eigenvalue weighted by molar-refractivity contribution is 7.85. The summed E-state index contributed by atoms with van der Waals surface area (Å²) in [5.41, 5.74) is 7.58. The van der Waals surface area contributed by atoms with E-state index in [-0.39, 0.29) is 17.2 Å². The smallest absolute Gasteiger partial charge is 0.295 e. The lowest BCUT2D eigenvalue weighted by Gasteiger charge is -1.99. The van der Waals surface area contributed by atoms with Crippen LogP contribution >= 0.6 is 0 Å². The molecule has 10 heteroatoms. The van der Waals surface area contributed by atoms with E-state index in [4.69, 9.17) is 16.1 Å². The number of nitrogens with zero attached hydrogens (tertiary/aromatic N) is 3. The molecule has 0 bridgehead atoms. The van der Waals surface area contributed by atoms with Gasteiger partial charge in [0.1, 0.15) is 0 Å². The van der Waals surface area contributed by atoms with Crippen LogP contribution in [0.4, 0.5) is 5.69 Å². The summed E-state index contributed by atoms with van der Waals surface area (Å²) in [6.45, 7) is 5.84. The number of anilines is 1. The lowest BCUT2D eigenvalue weighted by atomic mass is 10.1. The van der Waals surface area contributed by atoms with Gasteiger partial charge in [-0.15, -0.1) is 9.36 Å². The van der Waals surface area contributed by atoms with Gasteiger partial charge in [0.05, 0.1) is 4.90 Å². The lowest BCUT2D eigenvalue weighted by molar-refractivity contribution is -0.652. The molecular weight excluding hydrogens is 394 g/mol. The molecular formula is C19H24N5O4S+. The summed E-state index contributed by atoms with van der Waals surface area (Å²) in [5.74, 6) is 7.23. The van der Waals surface area contributed by atoms with Crippen LogP contribution in [0, 0.1) is 20.8 Å². The topological polar surface area (TPSA) is 145 Å². The van der Waals surface area contributed by atoms with Crippen LogP contribution in [0.3, 0.4) is 0 Å². The van der Waals surface area contributed by atoms with Crippen LogP contribution in [0.25, 0.3) is 0 Å². The summed E-state index contributed by atoms with van der Waals surface area (Å²) in [4.78, 5) is 11.9. The molecule has 9 nitrogen and oxygen atoms in total. The van der Waals surface area contributed by atoms with Crippen molar-refractivity contribution in [3.05, 3.63) is 71.3 Å². The quantitative estimate of drug-likeness (QED) is 0.190. The Labute approximate surface area is 169 Å². The zero-order valence-electron chi connectivity index (χ0n) is 16.4. The summed E-state index contributed by atoms with van der Waals surface area (Å²) >= 11 is 0. The molecule has 1 aromatic heterocycles. The Kier molecular flexibility index (Phi) is 6.72. The van der Waals surface area contributed by atoms with Gasteiger partial charge in [-0.05, 0) is 31.2 Å². The fourth-order valence-electron chi connectivity index (χ4n) is 2.41. The number of ketones is 1. The maximum atomic E-state index is 12.1. The van der Waals surface area contributed by atoms with Crippen LogP contribution < -0.4 is 16.3 Å². The summed E-state index contributed by atoms with van der Waals surface area (Å²) < 4.78 is 32.5. The Balaban J connectivity index is 0.000000234. The van der Waals surface area contributed by atoms with Crippen molar-refractivity contribution < 1.29 is 22.4 Å². The van der Waals surface area contributed by atoms with Crippen LogP contribution in [0.5, 0.6) is 0 Å². The van der Waals surface area contributed by atoms with Gasteiger partial charge in [-0.1, -0.05) is 29.8 Å². The maximum Gasteiger partial charge on any atom is 0.295 e. The second-order valence-corrected chi connectivity index (χ2v) is 7.88. The minimum atomic E-state index is -4.08. The van der Waals surface area contributed by atoms with E-state index in [1.807, 2.05) is 38.1 Å². The van der Waals surface area contributed by atoms with Crippen LogP contribution in [-0.4, -0.2) is 28.5 Å². The number of rotatable bonds is 4. The van der Waals surface area contributed by atoms with Crippen LogP contribution in [0.15, 0.2) is 53.4 Å². The molecule has 0 radical (unpaired) electrons. The number of carbonyl (C=O) groups is 1. The molecule has 0 saturated heterocycles. The van der Waals surface area contributed by atoms with Crippen molar-refractivity contribution in [3.63, 3.8) is 0 Å². The Morgan fingerprint density at radius 1 is 1.07 bits per heavy atom. The van der Waals surface area contributed by atoms with Crippen molar-refractivity contribution in [2.45, 2.75) is 32.2 Å². The molecule has 0 aliphatic rings. The highest BCUT2D eigenvalue weighted by Gasteiger charge is 2.20. The van der Waals surface area contributed by atoms with E-state index in [0.29, 0.717) is 17.1 Å². The molecule has 5 N–H and O–H groups in total. The van der Waals surface area contributed by atoms with E-state index >= 15 is 0 Å². The van der Waals surface area contributed by atoms with E-state index in [9.17, 15) is 13.2 Å². The van der Waals surface area contributed by atoms with Crippen molar-refractivity contribution in [1.29, 1.82) is 0 Å². The zero-order chi connectivity index (χ0) is 21.8. The average Bonchev–Trinajstić information content (AvgIpc) is 2.89. The van der Waals surface area contributed by atoms with Crippen LogP contribution in [0.1, 0.15) is 27.6 Å². The van der Waals surface area contributed by atoms with Gasteiger partial charge in [-0.2, -0.15) is 8.42 Å². The van der Waals surface area contributed by atoms with Crippen molar-refractivity contribution in [3.8, 4) is 0 Å². The fraction of sp³-hybridized carbons (Fsp3) is 0.211. The van der Waals surface area contributed by atoms with Gasteiger partial charge in [0.15, 0.2) is 12.3 Å². The standard InChI is InChI=1S/C13H17N4O.C6H7NO3S/c1-9-4-6-12(7-5-9)13(18)8-16-11(3)17(14)10(2)15-16;7-5-1-3-6(4-2-5)11(8,9)10/h4-7H,8,14H2,1-3H3;1-4H,7H2,(H,8,9,10)/q+1;. The third kappa shape index (κ3) is 5.87. The largest absolute Gasteiger partial charge is 0.399 e. The highest BCUT2D eigenvalue weighted by atomic mass is 32.2. The number of aromatic nitrogens is 3. The molecule has 0 amide bonds. The number of nitrogen functional groups attached to an aromatic ring is 2. The fourth-order valence-corrected chi connectivity index (χ4v) is 2.89. The zero-order valence-corrected chi connectivity index (χ0v) is 17.2. The van der Waals surface area contributed by atoms with E-state index in [1.165, 1.54) is 28.9 Å². The van der Waals surface area contributed by atoms with Crippen molar-refractivity contribution in [2.24, 2.45) is 0 Å². The normalized spacial score (nSPS) is 10.9. The summed E-state index contributed by atoms with van der Waals surface area (Å²) in [6.07, 6.45) is 0. The first-order chi connectivity index (χ1) is 13.5. The SMILES string of the molecule is Cc1ccc(C(=O)Cn2nc(C)[n+](N)c2C)cc1.Nc1ccc(S(=O)(=O)O)cc1. The Morgan fingerprint density at radius 2 is 1.62 bits per heavy atom. The lowest BCUT2D eigenvalue weighted by Crippen LogP contribution is -2.48. The molecule has 0 unspecified atom stereocenters. The van der Waals surface area contributed by atoms with E-state index in [0.717, 1.165) is 11.4 Å². The van der Waals surface area contributed by atoms with Crippen molar-refractivity contribution in [2.75, 3.05) is 11.6 Å². The van der Waals surface area contributed by atoms with Crippen LogP contribution in [-0.2, 0) is 16.7 Å². The maximum absolute atomic E-state index is 12.1. The second kappa shape index (κ2) is 8.84. The van der Waals surface area contributed by atoms with E-state index in [1.54, 1.807) is 11.6 Å². The Bertz CT molecular complexity index is 1100. The minimum absolute atomic E-state index is 0.0289. The predicted molar refractivity (Wildman–Crippen MR) is 108 cm³/mol. The third-order valence-electron chi connectivity index (χ3n) is 4.18. The summed E-state index contributed by atoms with van der Waals surface area (Å²) in [6, 6.07) is 12.8. The molecule has 2 aromatic carbocycles. The highest BCUT2D eigenvalue weighted by Crippen LogP contribution is 2.10. The third-order valence-corrected chi connectivity index (χ3v) is 5.05. The first kappa shape index (κ1) is 22.1. The number of hydrogen-bond donors (Lipinski definition) is 3. The van der Waals surface area contributed by atoms with Gasteiger partial charge in [0.2, 0.25) is 0 Å². The van der Waals surface area contributed by atoms with E-state index < -0.39 is 10.1 Å². The monoisotopic (exact) mass is 418 g/mol. The molecule has 0 aliphatic heterocycles.